The third kappa shape index (κ3) is 6.63. The first-order chi connectivity index (χ1) is 7.47. The summed E-state index contributed by atoms with van der Waals surface area (Å²) in [6, 6.07) is -0.589. The third-order valence-electron chi connectivity index (χ3n) is 1.69. The molecule has 0 aliphatic heterocycles. The summed E-state index contributed by atoms with van der Waals surface area (Å²) in [5.74, 6) is -1.40. The zero-order valence-electron chi connectivity index (χ0n) is 9.45. The molecule has 0 saturated heterocycles. The van der Waals surface area contributed by atoms with E-state index in [1.54, 1.807) is 0 Å². The van der Waals surface area contributed by atoms with E-state index in [0.717, 1.165) is 11.3 Å². The van der Waals surface area contributed by atoms with Crippen molar-refractivity contribution in [3.05, 3.63) is 0 Å². The third-order valence-corrected chi connectivity index (χ3v) is 1.69. The average molecular weight is 231 g/mol. The average Bonchev–Trinajstić information content (AvgIpc) is 2.22. The number of carbonyl (C=O) groups excluding carboxylic acids is 2. The first-order valence-electron chi connectivity index (χ1n) is 4.94. The van der Waals surface area contributed by atoms with Crippen molar-refractivity contribution in [3.63, 3.8) is 0 Å². The van der Waals surface area contributed by atoms with Crippen LogP contribution in [0, 0.1) is 0 Å². The molecule has 0 rings (SSSR count). The summed E-state index contributed by atoms with van der Waals surface area (Å²) in [5, 5.41) is 13.1. The van der Waals surface area contributed by atoms with Gasteiger partial charge in [-0.25, -0.2) is 4.79 Å². The highest BCUT2D eigenvalue weighted by Crippen LogP contribution is 1.84. The number of amides is 3. The molecule has 0 aliphatic rings. The Kier molecular flexibility index (Phi) is 6.66. The quantitative estimate of drug-likeness (QED) is 0.559. The van der Waals surface area contributed by atoms with Gasteiger partial charge in [0.25, 0.3) is 0 Å². The lowest BCUT2D eigenvalue weighted by Crippen LogP contribution is -2.44. The lowest BCUT2D eigenvalue weighted by atomic mass is 10.4. The van der Waals surface area contributed by atoms with E-state index in [1.165, 1.54) is 7.05 Å². The molecule has 0 heterocycles. The largest absolute Gasteiger partial charge is 0.480 e. The summed E-state index contributed by atoms with van der Waals surface area (Å²) < 4.78 is 0. The molecule has 92 valence electrons. The van der Waals surface area contributed by atoms with Crippen LogP contribution in [0.15, 0.2) is 0 Å². The molecule has 0 aliphatic carbocycles. The Balaban J connectivity index is 3.86. The smallest absolute Gasteiger partial charge is 0.323 e. The molecule has 0 unspecified atom stereocenters. The Bertz CT molecular complexity index is 267. The highest BCUT2D eigenvalue weighted by atomic mass is 16.4. The van der Waals surface area contributed by atoms with Crippen molar-refractivity contribution in [2.24, 2.45) is 0 Å². The predicted octanol–water partition coefficient (Wildman–Crippen LogP) is -0.761. The maximum atomic E-state index is 11.2. The van der Waals surface area contributed by atoms with Crippen LogP contribution in [0.4, 0.5) is 4.79 Å². The van der Waals surface area contributed by atoms with Gasteiger partial charge < -0.3 is 20.6 Å². The van der Waals surface area contributed by atoms with Gasteiger partial charge in [0.15, 0.2) is 0 Å². The molecule has 0 radical (unpaired) electrons. The van der Waals surface area contributed by atoms with Gasteiger partial charge in [0.2, 0.25) is 5.91 Å². The highest BCUT2D eigenvalue weighted by Gasteiger charge is 2.12. The molecule has 7 nitrogen and oxygen atoms in total. The summed E-state index contributed by atoms with van der Waals surface area (Å²) in [5.41, 5.74) is 0. The Labute approximate surface area is 93.8 Å². The monoisotopic (exact) mass is 231 g/mol. The van der Waals surface area contributed by atoms with Crippen molar-refractivity contribution in [1.82, 2.24) is 15.5 Å². The van der Waals surface area contributed by atoms with E-state index >= 15 is 0 Å². The summed E-state index contributed by atoms with van der Waals surface area (Å²) in [6.07, 6.45) is 0.820. The molecule has 0 aromatic rings. The second-order valence-corrected chi connectivity index (χ2v) is 3.26. The number of hydrogen-bond acceptors (Lipinski definition) is 3. The molecule has 0 atom stereocenters. The van der Waals surface area contributed by atoms with E-state index in [2.05, 4.69) is 10.6 Å². The number of carbonyl (C=O) groups is 3. The maximum Gasteiger partial charge on any atom is 0.323 e. The lowest BCUT2D eigenvalue weighted by molar-refractivity contribution is -0.135. The number of rotatable bonds is 6. The molecular weight excluding hydrogens is 214 g/mol. The van der Waals surface area contributed by atoms with Gasteiger partial charge in [-0.1, -0.05) is 6.92 Å². The van der Waals surface area contributed by atoms with Gasteiger partial charge in [0, 0.05) is 13.6 Å². The molecular formula is C9H17N3O4. The van der Waals surface area contributed by atoms with Crippen LogP contribution in [0.1, 0.15) is 13.3 Å². The van der Waals surface area contributed by atoms with E-state index in [-0.39, 0.29) is 12.5 Å². The fraction of sp³-hybridized carbons (Fsp3) is 0.667. The van der Waals surface area contributed by atoms with Crippen LogP contribution < -0.4 is 10.6 Å². The Hall–Kier alpha value is -1.79. The molecule has 3 amide bonds. The fourth-order valence-electron chi connectivity index (χ4n) is 0.894. The van der Waals surface area contributed by atoms with Crippen molar-refractivity contribution < 1.29 is 19.5 Å². The second kappa shape index (κ2) is 7.49. The van der Waals surface area contributed by atoms with Crippen LogP contribution in [-0.4, -0.2) is 54.6 Å². The fourth-order valence-corrected chi connectivity index (χ4v) is 0.894. The number of carboxylic acid groups (broad SMARTS) is 1. The minimum absolute atomic E-state index is 0.0918. The number of urea groups is 1. The van der Waals surface area contributed by atoms with E-state index in [9.17, 15) is 14.4 Å². The molecule has 0 aromatic carbocycles. The van der Waals surface area contributed by atoms with E-state index in [1.807, 2.05) is 6.92 Å². The van der Waals surface area contributed by atoms with Gasteiger partial charge in [-0.05, 0) is 6.42 Å². The van der Waals surface area contributed by atoms with Crippen molar-refractivity contribution in [3.8, 4) is 0 Å². The summed E-state index contributed by atoms with van der Waals surface area (Å²) in [4.78, 5) is 33.7. The minimum Gasteiger partial charge on any atom is -0.480 e. The van der Waals surface area contributed by atoms with Gasteiger partial charge in [-0.15, -0.1) is 0 Å². The molecule has 3 N–H and O–H groups in total. The van der Waals surface area contributed by atoms with Crippen LogP contribution in [0.25, 0.3) is 0 Å². The number of hydrogen-bond donors (Lipinski definition) is 3. The van der Waals surface area contributed by atoms with Crippen LogP contribution in [0.2, 0.25) is 0 Å². The minimum atomic E-state index is -1.13. The molecule has 0 aromatic heterocycles. The molecule has 0 fully saturated rings. The van der Waals surface area contributed by atoms with Gasteiger partial charge in [-0.3, -0.25) is 9.59 Å². The second-order valence-electron chi connectivity index (χ2n) is 3.26. The molecule has 16 heavy (non-hydrogen) atoms. The van der Waals surface area contributed by atoms with Crippen molar-refractivity contribution in [1.29, 1.82) is 0 Å². The predicted molar refractivity (Wildman–Crippen MR) is 57.0 cm³/mol. The van der Waals surface area contributed by atoms with Crippen LogP contribution in [-0.2, 0) is 9.59 Å². The first kappa shape index (κ1) is 14.2. The van der Waals surface area contributed by atoms with Gasteiger partial charge in [0.05, 0.1) is 0 Å². The van der Waals surface area contributed by atoms with E-state index < -0.39 is 18.5 Å². The number of nitrogens with zero attached hydrogens (tertiary/aromatic N) is 1. The molecule has 0 saturated carbocycles. The summed E-state index contributed by atoms with van der Waals surface area (Å²) in [7, 11) is 1.42. The summed E-state index contributed by atoms with van der Waals surface area (Å²) >= 11 is 0. The van der Waals surface area contributed by atoms with Crippen LogP contribution >= 0.6 is 0 Å². The van der Waals surface area contributed by atoms with E-state index in [0.29, 0.717) is 6.54 Å². The highest BCUT2D eigenvalue weighted by molar-refractivity contribution is 5.85. The lowest BCUT2D eigenvalue weighted by Gasteiger charge is -2.16. The zero-order chi connectivity index (χ0) is 12.6. The number of carboxylic acids is 1. The van der Waals surface area contributed by atoms with Gasteiger partial charge in [-0.2, -0.15) is 0 Å². The molecule has 0 spiro atoms. The summed E-state index contributed by atoms with van der Waals surface area (Å²) in [6.45, 7) is 1.93. The zero-order valence-corrected chi connectivity index (χ0v) is 9.45. The van der Waals surface area contributed by atoms with Gasteiger partial charge >= 0.3 is 12.0 Å². The Morgan fingerprint density at radius 1 is 1.25 bits per heavy atom. The van der Waals surface area contributed by atoms with Gasteiger partial charge in [0.1, 0.15) is 13.1 Å². The SMILES string of the molecule is CCCNC(=O)CN(C)C(=O)NCC(=O)O. The number of nitrogens with one attached hydrogen (secondary N) is 2. The molecule has 0 bridgehead atoms. The van der Waals surface area contributed by atoms with Crippen LogP contribution in [0.3, 0.4) is 0 Å². The van der Waals surface area contributed by atoms with E-state index in [4.69, 9.17) is 5.11 Å². The number of likely N-dealkylation sites (N-methyl/N-ethyl adjacent to an activating group) is 1. The van der Waals surface area contributed by atoms with Crippen molar-refractivity contribution in [2.45, 2.75) is 13.3 Å². The number of aliphatic carboxylic acids is 1. The van der Waals surface area contributed by atoms with Crippen molar-refractivity contribution in [2.75, 3.05) is 26.7 Å². The Morgan fingerprint density at radius 3 is 2.38 bits per heavy atom. The maximum absolute atomic E-state index is 11.2. The standard InChI is InChI=1S/C9H17N3O4/c1-3-4-10-7(13)6-12(2)9(16)11-5-8(14)15/h3-6H2,1-2H3,(H,10,13)(H,11,16)(H,14,15). The Morgan fingerprint density at radius 2 is 1.88 bits per heavy atom. The van der Waals surface area contributed by atoms with Crippen LogP contribution in [0.5, 0.6) is 0 Å². The normalized spacial score (nSPS) is 9.38. The molecule has 7 heteroatoms. The first-order valence-corrected chi connectivity index (χ1v) is 4.94. The van der Waals surface area contributed by atoms with Crippen molar-refractivity contribution >= 4 is 17.9 Å². The topological polar surface area (TPSA) is 98.7 Å².